The van der Waals surface area contributed by atoms with Crippen molar-refractivity contribution in [1.82, 2.24) is 10.2 Å². The second-order valence-corrected chi connectivity index (χ2v) is 4.98. The molecular formula is C13H25N3O3. The van der Waals surface area contributed by atoms with Crippen LogP contribution >= 0.6 is 0 Å². The molecule has 1 amide bonds. The number of likely N-dealkylation sites (tertiary alicyclic amines) is 1. The molecular weight excluding hydrogens is 246 g/mol. The second kappa shape index (κ2) is 8.87. The molecule has 1 saturated heterocycles. The van der Waals surface area contributed by atoms with Crippen molar-refractivity contribution in [1.29, 1.82) is 0 Å². The maximum Gasteiger partial charge on any atom is 0.305 e. The Morgan fingerprint density at radius 1 is 1.37 bits per heavy atom. The molecule has 6 nitrogen and oxygen atoms in total. The van der Waals surface area contributed by atoms with Crippen LogP contribution in [0.4, 0.5) is 0 Å². The first-order valence-corrected chi connectivity index (χ1v) is 6.91. The molecule has 0 unspecified atom stereocenters. The number of amides is 1. The lowest BCUT2D eigenvalue weighted by Gasteiger charge is -2.30. The van der Waals surface area contributed by atoms with Gasteiger partial charge < -0.3 is 15.8 Å². The molecule has 0 radical (unpaired) electrons. The highest BCUT2D eigenvalue weighted by Crippen LogP contribution is 2.14. The minimum absolute atomic E-state index is 0.0241. The van der Waals surface area contributed by atoms with Crippen LogP contribution in [0.25, 0.3) is 0 Å². The summed E-state index contributed by atoms with van der Waals surface area (Å²) in [5.41, 5.74) is 5.63. The minimum atomic E-state index is -0.238. The summed E-state index contributed by atoms with van der Waals surface area (Å²) in [6, 6.07) is 0. The van der Waals surface area contributed by atoms with Crippen molar-refractivity contribution >= 4 is 11.9 Å². The van der Waals surface area contributed by atoms with E-state index in [1.807, 2.05) is 0 Å². The van der Waals surface area contributed by atoms with E-state index in [0.29, 0.717) is 31.8 Å². The number of nitrogens with two attached hydrogens (primary N) is 1. The van der Waals surface area contributed by atoms with Crippen molar-refractivity contribution < 1.29 is 14.3 Å². The molecule has 0 aliphatic carbocycles. The zero-order valence-corrected chi connectivity index (χ0v) is 11.7. The summed E-state index contributed by atoms with van der Waals surface area (Å²) in [5, 5.41) is 2.82. The van der Waals surface area contributed by atoms with Gasteiger partial charge in [0.15, 0.2) is 0 Å². The highest BCUT2D eigenvalue weighted by Gasteiger charge is 2.19. The molecule has 1 aliphatic heterocycles. The maximum absolute atomic E-state index is 11.7. The molecule has 1 fully saturated rings. The van der Waals surface area contributed by atoms with Crippen LogP contribution in [0.3, 0.4) is 0 Å². The molecule has 0 saturated carbocycles. The Hall–Kier alpha value is -1.14. The van der Waals surface area contributed by atoms with Crippen LogP contribution in [0.15, 0.2) is 0 Å². The van der Waals surface area contributed by atoms with E-state index in [1.165, 1.54) is 7.11 Å². The van der Waals surface area contributed by atoms with E-state index in [4.69, 9.17) is 5.73 Å². The van der Waals surface area contributed by atoms with Gasteiger partial charge in [0.1, 0.15) is 0 Å². The second-order valence-electron chi connectivity index (χ2n) is 4.98. The molecule has 1 rings (SSSR count). The van der Waals surface area contributed by atoms with Gasteiger partial charge in [0.2, 0.25) is 5.91 Å². The molecule has 110 valence electrons. The van der Waals surface area contributed by atoms with Crippen molar-refractivity contribution in [2.45, 2.75) is 25.7 Å². The van der Waals surface area contributed by atoms with E-state index < -0.39 is 0 Å². The normalized spacial score (nSPS) is 17.2. The monoisotopic (exact) mass is 271 g/mol. The number of methoxy groups -OCH3 is 1. The highest BCUT2D eigenvalue weighted by atomic mass is 16.5. The highest BCUT2D eigenvalue weighted by molar-refractivity contribution is 5.78. The van der Waals surface area contributed by atoms with Crippen molar-refractivity contribution in [3.63, 3.8) is 0 Å². The van der Waals surface area contributed by atoms with Gasteiger partial charge in [0, 0.05) is 13.0 Å². The van der Waals surface area contributed by atoms with E-state index in [2.05, 4.69) is 15.0 Å². The van der Waals surface area contributed by atoms with E-state index in [1.54, 1.807) is 0 Å². The number of hydrogen-bond donors (Lipinski definition) is 2. The summed E-state index contributed by atoms with van der Waals surface area (Å²) in [4.78, 5) is 24.7. The molecule has 0 aromatic heterocycles. The van der Waals surface area contributed by atoms with Gasteiger partial charge in [-0.3, -0.25) is 14.5 Å². The van der Waals surface area contributed by atoms with Gasteiger partial charge in [0.05, 0.1) is 13.7 Å². The van der Waals surface area contributed by atoms with Crippen LogP contribution in [-0.2, 0) is 14.3 Å². The maximum atomic E-state index is 11.7. The van der Waals surface area contributed by atoms with Crippen molar-refractivity contribution in [2.24, 2.45) is 11.7 Å². The molecule has 19 heavy (non-hydrogen) atoms. The number of carbonyl (C=O) groups is 2. The first-order chi connectivity index (χ1) is 9.15. The average Bonchev–Trinajstić information content (AvgIpc) is 2.44. The first kappa shape index (κ1) is 15.9. The number of esters is 1. The molecule has 1 heterocycles. The molecule has 0 aromatic rings. The van der Waals surface area contributed by atoms with Gasteiger partial charge >= 0.3 is 5.97 Å². The van der Waals surface area contributed by atoms with E-state index in [0.717, 1.165) is 32.5 Å². The Balaban J connectivity index is 2.06. The Morgan fingerprint density at radius 2 is 2.05 bits per heavy atom. The zero-order chi connectivity index (χ0) is 14.1. The Labute approximate surface area is 114 Å². The van der Waals surface area contributed by atoms with Gasteiger partial charge in [-0.25, -0.2) is 0 Å². The first-order valence-electron chi connectivity index (χ1n) is 6.91. The van der Waals surface area contributed by atoms with Crippen molar-refractivity contribution in [3.05, 3.63) is 0 Å². The van der Waals surface area contributed by atoms with Crippen molar-refractivity contribution in [2.75, 3.05) is 39.8 Å². The largest absolute Gasteiger partial charge is 0.469 e. The standard InChI is InChI=1S/C13H25N3O3/c1-19-13(18)3-2-6-15-12(17)10-16-7-4-11(9-14)5-8-16/h11H,2-10,14H2,1H3,(H,15,17). The summed E-state index contributed by atoms with van der Waals surface area (Å²) < 4.78 is 4.53. The molecule has 1 aliphatic rings. The summed E-state index contributed by atoms with van der Waals surface area (Å²) in [6.07, 6.45) is 3.12. The Morgan fingerprint density at radius 3 is 2.63 bits per heavy atom. The van der Waals surface area contributed by atoms with Crippen LogP contribution in [0.1, 0.15) is 25.7 Å². The third kappa shape index (κ3) is 6.54. The van der Waals surface area contributed by atoms with Gasteiger partial charge in [-0.15, -0.1) is 0 Å². The van der Waals surface area contributed by atoms with Crippen LogP contribution < -0.4 is 11.1 Å². The van der Waals surface area contributed by atoms with Crippen LogP contribution in [-0.4, -0.2) is 56.6 Å². The molecule has 3 N–H and O–H groups in total. The number of rotatable bonds is 7. The summed E-state index contributed by atoms with van der Waals surface area (Å²) in [6.45, 7) is 3.59. The van der Waals surface area contributed by atoms with Gasteiger partial charge in [-0.2, -0.15) is 0 Å². The summed E-state index contributed by atoms with van der Waals surface area (Å²) >= 11 is 0. The van der Waals surface area contributed by atoms with Crippen LogP contribution in [0.5, 0.6) is 0 Å². The van der Waals surface area contributed by atoms with Crippen molar-refractivity contribution in [3.8, 4) is 0 Å². The quantitative estimate of drug-likeness (QED) is 0.492. The number of ether oxygens (including phenoxy) is 1. The SMILES string of the molecule is COC(=O)CCCNC(=O)CN1CCC(CN)CC1. The fraction of sp³-hybridized carbons (Fsp3) is 0.846. The van der Waals surface area contributed by atoms with Crippen LogP contribution in [0, 0.1) is 5.92 Å². The summed E-state index contributed by atoms with van der Waals surface area (Å²) in [7, 11) is 1.37. The number of carbonyl (C=O) groups excluding carboxylic acids is 2. The Bertz CT molecular complexity index is 289. The molecule has 0 bridgehead atoms. The Kier molecular flexibility index (Phi) is 7.43. The fourth-order valence-electron chi connectivity index (χ4n) is 2.20. The van der Waals surface area contributed by atoms with Gasteiger partial charge in [0.25, 0.3) is 0 Å². The lowest BCUT2D eigenvalue weighted by molar-refractivity contribution is -0.140. The fourth-order valence-corrected chi connectivity index (χ4v) is 2.20. The topological polar surface area (TPSA) is 84.7 Å². The zero-order valence-electron chi connectivity index (χ0n) is 11.7. The number of hydrogen-bond acceptors (Lipinski definition) is 5. The number of piperidine rings is 1. The molecule has 0 spiro atoms. The minimum Gasteiger partial charge on any atom is -0.469 e. The number of nitrogens with one attached hydrogen (secondary N) is 1. The third-order valence-electron chi connectivity index (χ3n) is 3.52. The van der Waals surface area contributed by atoms with Gasteiger partial charge in [-0.1, -0.05) is 0 Å². The van der Waals surface area contributed by atoms with E-state index in [-0.39, 0.29) is 11.9 Å². The number of nitrogens with zero attached hydrogens (tertiary/aromatic N) is 1. The van der Waals surface area contributed by atoms with E-state index >= 15 is 0 Å². The molecule has 6 heteroatoms. The third-order valence-corrected chi connectivity index (χ3v) is 3.52. The molecule has 0 atom stereocenters. The lowest BCUT2D eigenvalue weighted by atomic mass is 9.97. The summed E-state index contributed by atoms with van der Waals surface area (Å²) in [5.74, 6) is 0.397. The smallest absolute Gasteiger partial charge is 0.305 e. The van der Waals surface area contributed by atoms with Crippen LogP contribution in [0.2, 0.25) is 0 Å². The van der Waals surface area contributed by atoms with E-state index in [9.17, 15) is 9.59 Å². The predicted molar refractivity (Wildman–Crippen MR) is 72.5 cm³/mol. The predicted octanol–water partition coefficient (Wildman–Crippen LogP) is -0.273. The van der Waals surface area contributed by atoms with Gasteiger partial charge in [-0.05, 0) is 44.8 Å². The average molecular weight is 271 g/mol. The lowest BCUT2D eigenvalue weighted by Crippen LogP contribution is -2.42. The molecule has 0 aromatic carbocycles.